The molecular weight excluding hydrogens is 567 g/mol. The first-order valence-corrected chi connectivity index (χ1v) is 14.2. The lowest BCUT2D eigenvalue weighted by atomic mass is 10.1. The highest BCUT2D eigenvalue weighted by Crippen LogP contribution is 2.33. The summed E-state index contributed by atoms with van der Waals surface area (Å²) in [4.78, 5) is 14.8. The molecule has 9 nitrogen and oxygen atoms in total. The number of benzene rings is 3. The number of anilines is 1. The maximum atomic E-state index is 13.4. The maximum absolute atomic E-state index is 13.4. The fourth-order valence-electron chi connectivity index (χ4n) is 4.10. The monoisotopic (exact) mass is 594 g/mol. The van der Waals surface area contributed by atoms with Gasteiger partial charge in [-0.2, -0.15) is 8.42 Å². The molecule has 39 heavy (non-hydrogen) atoms. The van der Waals surface area contributed by atoms with Crippen LogP contribution in [0.3, 0.4) is 0 Å². The van der Waals surface area contributed by atoms with Crippen molar-refractivity contribution in [1.82, 2.24) is 4.90 Å². The minimum absolute atomic E-state index is 0.0386. The number of carbonyl (C=O) groups is 1. The molecule has 1 atom stereocenters. The van der Waals surface area contributed by atoms with Crippen molar-refractivity contribution in [1.29, 1.82) is 0 Å². The number of urea groups is 1. The number of hydrogen-bond donors (Lipinski definition) is 1. The molecule has 12 heteroatoms. The van der Waals surface area contributed by atoms with Crippen LogP contribution in [0.4, 0.5) is 10.5 Å². The molecule has 0 spiro atoms. The standard InChI is InChI=1S/C27H28Cl2N2O7S/c1-35-24-8-4-3-7-23(24)30-27(32)31(17-19-6-5-13-37-19)16-18-9-12-25(36-2)26(14-18)38-39(33,34)20-10-11-21(28)22(29)15-20/h3-4,7-12,14-15,19H,5-6,13,16-17H2,1-2H3,(H,30,32). The normalized spacial score (nSPS) is 15.0. The van der Waals surface area contributed by atoms with Crippen molar-refractivity contribution < 1.29 is 31.6 Å². The molecule has 0 aliphatic carbocycles. The highest BCUT2D eigenvalue weighted by atomic mass is 35.5. The molecule has 0 saturated carbocycles. The molecule has 3 aromatic carbocycles. The molecular formula is C27H28Cl2N2O7S. The SMILES string of the molecule is COc1ccccc1NC(=O)N(Cc1ccc(OC)c(OS(=O)(=O)c2ccc(Cl)c(Cl)c2)c1)CC1CCCO1. The van der Waals surface area contributed by atoms with E-state index in [-0.39, 0.29) is 45.1 Å². The van der Waals surface area contributed by atoms with Gasteiger partial charge in [-0.15, -0.1) is 0 Å². The lowest BCUT2D eigenvalue weighted by Crippen LogP contribution is -2.39. The minimum atomic E-state index is -4.26. The van der Waals surface area contributed by atoms with Crippen molar-refractivity contribution in [2.45, 2.75) is 30.4 Å². The van der Waals surface area contributed by atoms with Crippen LogP contribution < -0.4 is 19.0 Å². The van der Waals surface area contributed by atoms with Crippen molar-refractivity contribution >= 4 is 45.0 Å². The molecule has 0 bridgehead atoms. The van der Waals surface area contributed by atoms with Gasteiger partial charge >= 0.3 is 16.1 Å². The summed E-state index contributed by atoms with van der Waals surface area (Å²) in [6.07, 6.45) is 1.63. The number of para-hydroxylation sites is 2. The molecule has 1 aliphatic heterocycles. The molecule has 2 amide bonds. The summed E-state index contributed by atoms with van der Waals surface area (Å²) in [5.41, 5.74) is 1.14. The van der Waals surface area contributed by atoms with Gasteiger partial charge in [-0.1, -0.05) is 41.4 Å². The van der Waals surface area contributed by atoms with Crippen molar-refractivity contribution in [2.24, 2.45) is 0 Å². The third-order valence-electron chi connectivity index (χ3n) is 6.06. The average Bonchev–Trinajstić information content (AvgIpc) is 3.43. The fourth-order valence-corrected chi connectivity index (χ4v) is 5.42. The Morgan fingerprint density at radius 1 is 1.00 bits per heavy atom. The lowest BCUT2D eigenvalue weighted by molar-refractivity contribution is 0.0819. The van der Waals surface area contributed by atoms with Crippen LogP contribution in [0.2, 0.25) is 10.0 Å². The summed E-state index contributed by atoms with van der Waals surface area (Å²) < 4.78 is 47.9. The van der Waals surface area contributed by atoms with E-state index in [2.05, 4.69) is 5.32 Å². The summed E-state index contributed by atoms with van der Waals surface area (Å²) in [5.74, 6) is 0.686. The zero-order valence-corrected chi connectivity index (χ0v) is 23.7. The molecule has 1 N–H and O–H groups in total. The van der Waals surface area contributed by atoms with E-state index >= 15 is 0 Å². The van der Waals surface area contributed by atoms with Crippen molar-refractivity contribution in [2.75, 3.05) is 32.7 Å². The highest BCUT2D eigenvalue weighted by molar-refractivity contribution is 7.87. The molecule has 4 rings (SSSR count). The summed E-state index contributed by atoms with van der Waals surface area (Å²) in [7, 11) is -1.33. The van der Waals surface area contributed by atoms with E-state index in [0.29, 0.717) is 30.2 Å². The Hall–Kier alpha value is -3.18. The molecule has 3 aromatic rings. The van der Waals surface area contributed by atoms with Gasteiger partial charge in [-0.05, 0) is 60.9 Å². The summed E-state index contributed by atoms with van der Waals surface area (Å²) in [5, 5.41) is 3.19. The van der Waals surface area contributed by atoms with Crippen LogP contribution in [0.1, 0.15) is 18.4 Å². The second-order valence-corrected chi connectivity index (χ2v) is 11.1. The molecule has 208 valence electrons. The van der Waals surface area contributed by atoms with E-state index in [1.807, 2.05) is 6.07 Å². The molecule has 0 radical (unpaired) electrons. The van der Waals surface area contributed by atoms with Crippen LogP contribution in [-0.2, 0) is 21.4 Å². The summed E-state index contributed by atoms with van der Waals surface area (Å²) in [6, 6.07) is 15.4. The Kier molecular flexibility index (Phi) is 9.45. The zero-order valence-electron chi connectivity index (χ0n) is 21.4. The van der Waals surface area contributed by atoms with Crippen LogP contribution in [0.5, 0.6) is 17.2 Å². The fraction of sp³-hybridized carbons (Fsp3) is 0.296. The van der Waals surface area contributed by atoms with Crippen molar-refractivity contribution in [3.63, 3.8) is 0 Å². The van der Waals surface area contributed by atoms with Gasteiger partial charge < -0.3 is 28.6 Å². The van der Waals surface area contributed by atoms with Gasteiger partial charge in [-0.3, -0.25) is 0 Å². The van der Waals surface area contributed by atoms with E-state index in [0.717, 1.165) is 12.8 Å². The van der Waals surface area contributed by atoms with Crippen LogP contribution in [0.25, 0.3) is 0 Å². The Labute approximate surface area is 237 Å². The van der Waals surface area contributed by atoms with Gasteiger partial charge in [0.25, 0.3) is 0 Å². The lowest BCUT2D eigenvalue weighted by Gasteiger charge is -2.26. The Morgan fingerprint density at radius 2 is 1.77 bits per heavy atom. The van der Waals surface area contributed by atoms with Crippen molar-refractivity contribution in [3.8, 4) is 17.2 Å². The average molecular weight is 596 g/mol. The van der Waals surface area contributed by atoms with Gasteiger partial charge in [0.2, 0.25) is 0 Å². The first kappa shape index (κ1) is 28.8. The topological polar surface area (TPSA) is 103 Å². The third-order valence-corrected chi connectivity index (χ3v) is 8.03. The number of nitrogens with zero attached hydrogens (tertiary/aromatic N) is 1. The van der Waals surface area contributed by atoms with Crippen LogP contribution in [-0.4, -0.2) is 52.8 Å². The van der Waals surface area contributed by atoms with Crippen LogP contribution in [0, 0.1) is 0 Å². The van der Waals surface area contributed by atoms with E-state index in [9.17, 15) is 13.2 Å². The van der Waals surface area contributed by atoms with Gasteiger partial charge in [0, 0.05) is 19.7 Å². The van der Waals surface area contributed by atoms with Gasteiger partial charge in [0.1, 0.15) is 10.6 Å². The first-order chi connectivity index (χ1) is 18.7. The van der Waals surface area contributed by atoms with E-state index in [1.165, 1.54) is 38.5 Å². The molecule has 1 fully saturated rings. The third kappa shape index (κ3) is 7.27. The quantitative estimate of drug-likeness (QED) is 0.287. The molecule has 0 aromatic heterocycles. The minimum Gasteiger partial charge on any atom is -0.495 e. The number of rotatable bonds is 10. The molecule has 1 saturated heterocycles. The number of methoxy groups -OCH3 is 2. The highest BCUT2D eigenvalue weighted by Gasteiger charge is 2.25. The number of carbonyl (C=O) groups excluding carboxylic acids is 1. The number of amides is 2. The maximum Gasteiger partial charge on any atom is 0.339 e. The number of nitrogens with one attached hydrogen (secondary N) is 1. The largest absolute Gasteiger partial charge is 0.495 e. The second kappa shape index (κ2) is 12.8. The smallest absolute Gasteiger partial charge is 0.339 e. The molecule has 1 aliphatic rings. The first-order valence-electron chi connectivity index (χ1n) is 12.1. The Bertz CT molecular complexity index is 1430. The van der Waals surface area contributed by atoms with E-state index in [1.54, 1.807) is 35.2 Å². The predicted octanol–water partition coefficient (Wildman–Crippen LogP) is 5.99. The Balaban J connectivity index is 1.59. The number of hydrogen-bond acceptors (Lipinski definition) is 7. The zero-order chi connectivity index (χ0) is 28.0. The second-order valence-electron chi connectivity index (χ2n) is 8.74. The Morgan fingerprint density at radius 3 is 2.46 bits per heavy atom. The van der Waals surface area contributed by atoms with Crippen molar-refractivity contribution in [3.05, 3.63) is 76.3 Å². The van der Waals surface area contributed by atoms with Gasteiger partial charge in [0.05, 0.1) is 36.1 Å². The van der Waals surface area contributed by atoms with Crippen LogP contribution >= 0.6 is 23.2 Å². The predicted molar refractivity (Wildman–Crippen MR) is 149 cm³/mol. The van der Waals surface area contributed by atoms with Gasteiger partial charge in [0.15, 0.2) is 11.5 Å². The number of ether oxygens (including phenoxy) is 3. The summed E-state index contributed by atoms with van der Waals surface area (Å²) >= 11 is 11.9. The molecule has 1 unspecified atom stereocenters. The van der Waals surface area contributed by atoms with E-state index in [4.69, 9.17) is 41.6 Å². The van der Waals surface area contributed by atoms with E-state index < -0.39 is 10.1 Å². The molecule has 1 heterocycles. The number of halogens is 2. The van der Waals surface area contributed by atoms with Gasteiger partial charge in [-0.25, -0.2) is 4.79 Å². The summed E-state index contributed by atoms with van der Waals surface area (Å²) in [6.45, 7) is 1.12. The van der Waals surface area contributed by atoms with Crippen LogP contribution in [0.15, 0.2) is 65.6 Å².